The Morgan fingerprint density at radius 3 is 2.75 bits per heavy atom. The molecule has 2 nitrogen and oxygen atoms in total. The minimum absolute atomic E-state index is 0.280. The Morgan fingerprint density at radius 2 is 2.00 bits per heavy atom. The van der Waals surface area contributed by atoms with Crippen LogP contribution < -0.4 is 5.32 Å². The lowest BCUT2D eigenvalue weighted by molar-refractivity contribution is 0.430. The van der Waals surface area contributed by atoms with E-state index >= 15 is 0 Å². The molecular formula is C17H18BrNO. The number of hydrogen-bond donors (Lipinski definition) is 1. The Bertz CT molecular complexity index is 747. The van der Waals surface area contributed by atoms with Crippen molar-refractivity contribution < 1.29 is 4.42 Å². The van der Waals surface area contributed by atoms with E-state index in [9.17, 15) is 0 Å². The number of hydrogen-bond acceptors (Lipinski definition) is 2. The topological polar surface area (TPSA) is 25.2 Å². The molecule has 1 N–H and O–H groups in total. The predicted molar refractivity (Wildman–Crippen MR) is 88.1 cm³/mol. The Morgan fingerprint density at radius 1 is 1.20 bits per heavy atom. The van der Waals surface area contributed by atoms with Crippen LogP contribution in [0.3, 0.4) is 0 Å². The van der Waals surface area contributed by atoms with E-state index in [0.29, 0.717) is 0 Å². The fourth-order valence-corrected chi connectivity index (χ4v) is 3.38. The highest BCUT2D eigenvalue weighted by molar-refractivity contribution is 9.10. The zero-order valence-corrected chi connectivity index (χ0v) is 13.3. The lowest BCUT2D eigenvalue weighted by atomic mass is 10.1. The first kappa shape index (κ1) is 13.7. The second-order valence-electron chi connectivity index (χ2n) is 5.11. The van der Waals surface area contributed by atoms with Gasteiger partial charge in [0.05, 0.1) is 10.5 Å². The summed E-state index contributed by atoms with van der Waals surface area (Å²) in [4.78, 5) is 0. The molecule has 0 aliphatic rings. The summed E-state index contributed by atoms with van der Waals surface area (Å²) in [5.41, 5.74) is 0.940. The van der Waals surface area contributed by atoms with Gasteiger partial charge in [0.2, 0.25) is 0 Å². The number of nitrogens with one attached hydrogen (secondary N) is 1. The molecule has 0 aliphatic heterocycles. The van der Waals surface area contributed by atoms with Gasteiger partial charge in [-0.25, -0.2) is 0 Å². The number of halogens is 1. The van der Waals surface area contributed by atoms with Crippen LogP contribution in [0, 0.1) is 0 Å². The largest absolute Gasteiger partial charge is 0.458 e. The quantitative estimate of drug-likeness (QED) is 0.691. The van der Waals surface area contributed by atoms with Gasteiger partial charge in [0.1, 0.15) is 11.3 Å². The van der Waals surface area contributed by atoms with Crippen molar-refractivity contribution in [2.24, 2.45) is 0 Å². The van der Waals surface area contributed by atoms with Crippen LogP contribution in [0.4, 0.5) is 0 Å². The van der Waals surface area contributed by atoms with Crippen LogP contribution in [0.2, 0.25) is 0 Å². The molecule has 0 aliphatic carbocycles. The van der Waals surface area contributed by atoms with Crippen LogP contribution in [-0.2, 0) is 0 Å². The third kappa shape index (κ3) is 2.25. The molecule has 1 heterocycles. The van der Waals surface area contributed by atoms with Crippen LogP contribution in [0.15, 0.2) is 45.3 Å². The van der Waals surface area contributed by atoms with E-state index in [-0.39, 0.29) is 6.04 Å². The van der Waals surface area contributed by atoms with Gasteiger partial charge in [-0.15, -0.1) is 0 Å². The molecule has 0 bridgehead atoms. The van der Waals surface area contributed by atoms with Crippen molar-refractivity contribution >= 4 is 37.7 Å². The second-order valence-corrected chi connectivity index (χ2v) is 5.90. The smallest absolute Gasteiger partial charge is 0.149 e. The average molecular weight is 332 g/mol. The minimum Gasteiger partial charge on any atom is -0.458 e. The Hall–Kier alpha value is -1.32. The number of rotatable bonds is 4. The summed E-state index contributed by atoms with van der Waals surface area (Å²) >= 11 is 3.69. The van der Waals surface area contributed by atoms with Gasteiger partial charge in [0.25, 0.3) is 0 Å². The molecule has 2 aromatic carbocycles. The van der Waals surface area contributed by atoms with E-state index < -0.39 is 0 Å². The van der Waals surface area contributed by atoms with Gasteiger partial charge in [-0.2, -0.15) is 0 Å². The molecule has 1 unspecified atom stereocenters. The van der Waals surface area contributed by atoms with Gasteiger partial charge < -0.3 is 9.73 Å². The van der Waals surface area contributed by atoms with Crippen molar-refractivity contribution in [2.45, 2.75) is 25.8 Å². The lowest BCUT2D eigenvalue weighted by Gasteiger charge is -2.11. The zero-order valence-electron chi connectivity index (χ0n) is 11.7. The maximum absolute atomic E-state index is 6.10. The van der Waals surface area contributed by atoms with Crippen LogP contribution in [0.1, 0.15) is 31.6 Å². The molecule has 1 aromatic heterocycles. The highest BCUT2D eigenvalue weighted by Gasteiger charge is 2.16. The first-order valence-electron chi connectivity index (χ1n) is 7.02. The standard InChI is InChI=1S/C17H18BrNO/c1-3-6-14(19-2)15-10-12-9-11-7-4-5-8-13(11)16(18)17(12)20-15/h4-5,7-10,14,19H,3,6H2,1-2H3. The molecule has 0 radical (unpaired) electrons. The summed E-state index contributed by atoms with van der Waals surface area (Å²) < 4.78 is 7.15. The van der Waals surface area contributed by atoms with Crippen LogP contribution in [-0.4, -0.2) is 7.05 Å². The fourth-order valence-electron chi connectivity index (χ4n) is 2.71. The number of benzene rings is 2. The van der Waals surface area contributed by atoms with E-state index in [1.54, 1.807) is 0 Å². The summed E-state index contributed by atoms with van der Waals surface area (Å²) in [7, 11) is 1.99. The molecule has 3 heteroatoms. The Balaban J connectivity index is 2.19. The van der Waals surface area contributed by atoms with E-state index in [4.69, 9.17) is 4.42 Å². The summed E-state index contributed by atoms with van der Waals surface area (Å²) in [5, 5.41) is 6.91. The molecule has 0 saturated carbocycles. The van der Waals surface area contributed by atoms with Gasteiger partial charge in [0.15, 0.2) is 0 Å². The molecule has 0 fully saturated rings. The van der Waals surface area contributed by atoms with Crippen LogP contribution >= 0.6 is 15.9 Å². The highest BCUT2D eigenvalue weighted by atomic mass is 79.9. The summed E-state index contributed by atoms with van der Waals surface area (Å²) in [6.45, 7) is 2.19. The molecule has 3 aromatic rings. The fraction of sp³-hybridized carbons (Fsp3) is 0.294. The predicted octanol–water partition coefficient (Wildman–Crippen LogP) is 5.41. The van der Waals surface area contributed by atoms with E-state index in [1.165, 1.54) is 10.8 Å². The third-order valence-electron chi connectivity index (χ3n) is 3.76. The maximum atomic E-state index is 6.10. The Kier molecular flexibility index (Phi) is 3.81. The SMILES string of the molecule is CCCC(NC)c1cc2cc3ccccc3c(Br)c2o1. The third-order valence-corrected chi connectivity index (χ3v) is 4.54. The van der Waals surface area contributed by atoms with Crippen LogP contribution in [0.5, 0.6) is 0 Å². The lowest BCUT2D eigenvalue weighted by Crippen LogP contribution is -2.15. The van der Waals surface area contributed by atoms with Gasteiger partial charge in [-0.05, 0) is 52.3 Å². The summed E-state index contributed by atoms with van der Waals surface area (Å²) in [6.07, 6.45) is 2.21. The van der Waals surface area contributed by atoms with Crippen molar-refractivity contribution in [3.05, 3.63) is 46.6 Å². The second kappa shape index (κ2) is 5.58. The molecule has 0 amide bonds. The number of furan rings is 1. The molecule has 0 spiro atoms. The maximum Gasteiger partial charge on any atom is 0.149 e. The van der Waals surface area contributed by atoms with E-state index in [2.05, 4.69) is 64.6 Å². The van der Waals surface area contributed by atoms with Crippen molar-refractivity contribution in [2.75, 3.05) is 7.05 Å². The van der Waals surface area contributed by atoms with Gasteiger partial charge >= 0.3 is 0 Å². The summed E-state index contributed by atoms with van der Waals surface area (Å²) in [6, 6.07) is 13.0. The monoisotopic (exact) mass is 331 g/mol. The van der Waals surface area contributed by atoms with Gasteiger partial charge in [-0.3, -0.25) is 0 Å². The molecule has 0 saturated heterocycles. The normalized spacial score (nSPS) is 13.2. The van der Waals surface area contributed by atoms with Crippen molar-refractivity contribution in [1.82, 2.24) is 5.32 Å². The summed E-state index contributed by atoms with van der Waals surface area (Å²) in [5.74, 6) is 1.01. The Labute approximate surface area is 127 Å². The van der Waals surface area contributed by atoms with Gasteiger partial charge in [-0.1, -0.05) is 37.6 Å². The van der Waals surface area contributed by atoms with Gasteiger partial charge in [0, 0.05) is 5.39 Å². The molecule has 20 heavy (non-hydrogen) atoms. The van der Waals surface area contributed by atoms with E-state index in [1.807, 2.05) is 7.05 Å². The first-order chi connectivity index (χ1) is 9.74. The molecule has 104 valence electrons. The van der Waals surface area contributed by atoms with Crippen molar-refractivity contribution in [3.8, 4) is 0 Å². The molecule has 1 atom stereocenters. The molecular weight excluding hydrogens is 314 g/mol. The van der Waals surface area contributed by atoms with Crippen LogP contribution in [0.25, 0.3) is 21.7 Å². The highest BCUT2D eigenvalue weighted by Crippen LogP contribution is 2.36. The van der Waals surface area contributed by atoms with E-state index in [0.717, 1.165) is 34.0 Å². The van der Waals surface area contributed by atoms with Crippen molar-refractivity contribution in [3.63, 3.8) is 0 Å². The first-order valence-corrected chi connectivity index (χ1v) is 7.81. The zero-order chi connectivity index (χ0) is 14.1. The van der Waals surface area contributed by atoms with Crippen molar-refractivity contribution in [1.29, 1.82) is 0 Å². The number of fused-ring (bicyclic) bond motifs is 2. The molecule has 3 rings (SSSR count). The average Bonchev–Trinajstić information content (AvgIpc) is 2.89. The minimum atomic E-state index is 0.280.